The normalized spacial score (nSPS) is 11.9. The van der Waals surface area contributed by atoms with Crippen LogP contribution in [0.2, 0.25) is 0 Å². The summed E-state index contributed by atoms with van der Waals surface area (Å²) in [6.45, 7) is 0. The maximum atomic E-state index is 14.2. The van der Waals surface area contributed by atoms with Gasteiger partial charge in [-0.05, 0) is 42.1 Å². The van der Waals surface area contributed by atoms with E-state index in [9.17, 15) is 44.7 Å². The highest BCUT2D eigenvalue weighted by Crippen LogP contribution is 2.47. The predicted molar refractivity (Wildman–Crippen MR) is 90.9 cm³/mol. The van der Waals surface area contributed by atoms with E-state index >= 15 is 0 Å². The Bertz CT molecular complexity index is 981. The Morgan fingerprint density at radius 1 is 0.967 bits per heavy atom. The molecule has 0 saturated heterocycles. The number of rotatable bonds is 4. The van der Waals surface area contributed by atoms with Gasteiger partial charge in [0.1, 0.15) is 5.82 Å². The quantitative estimate of drug-likeness (QED) is 0.497. The zero-order valence-corrected chi connectivity index (χ0v) is 15.5. The number of nitrogens with zero attached hydrogens (tertiary/aromatic N) is 1. The molecule has 2 aromatic rings. The molecule has 3 amide bonds. The fourth-order valence-electron chi connectivity index (χ4n) is 2.07. The van der Waals surface area contributed by atoms with Gasteiger partial charge in [-0.15, -0.1) is 0 Å². The molecule has 0 radical (unpaired) electrons. The molecule has 1 N–H and O–H groups in total. The summed E-state index contributed by atoms with van der Waals surface area (Å²) in [5.74, 6) is -5.57. The molecule has 0 aromatic heterocycles. The van der Waals surface area contributed by atoms with Crippen LogP contribution < -0.4 is 10.2 Å². The molecule has 2 rings (SSSR count). The van der Waals surface area contributed by atoms with Gasteiger partial charge in [-0.2, -0.15) is 22.0 Å². The van der Waals surface area contributed by atoms with E-state index in [0.717, 1.165) is 31.3 Å². The monoisotopic (exact) mass is 458 g/mol. The summed E-state index contributed by atoms with van der Waals surface area (Å²) in [6, 6.07) is 3.11. The molecule has 0 spiro atoms. The summed E-state index contributed by atoms with van der Waals surface area (Å²) in [5, 5.41) is -3.51. The number of alkyl halides is 5. The number of hydrogen-bond acceptors (Lipinski definition) is 3. The summed E-state index contributed by atoms with van der Waals surface area (Å²) in [5.41, 5.74) is -1.39. The zero-order valence-electron chi connectivity index (χ0n) is 14.7. The number of urea groups is 1. The fraction of sp³-hybridized carbons (Fsp3) is 0.176. The van der Waals surface area contributed by atoms with Crippen LogP contribution in [-0.2, 0) is 0 Å². The third kappa shape index (κ3) is 5.01. The van der Waals surface area contributed by atoms with E-state index in [1.165, 1.54) is 0 Å². The van der Waals surface area contributed by atoms with Gasteiger partial charge in [-0.3, -0.25) is 15.0 Å². The van der Waals surface area contributed by atoms with Gasteiger partial charge in [0, 0.05) is 11.9 Å². The van der Waals surface area contributed by atoms with Crippen molar-refractivity contribution in [2.75, 3.05) is 11.9 Å². The van der Waals surface area contributed by atoms with E-state index in [1.54, 1.807) is 5.32 Å². The van der Waals surface area contributed by atoms with Gasteiger partial charge in [0.15, 0.2) is 11.6 Å². The highest BCUT2D eigenvalue weighted by Gasteiger charge is 2.58. The topological polar surface area (TPSA) is 49.4 Å². The SMILES string of the molecule is CN(C(=O)NC(=O)c1cccc(F)c1F)c1ccc(SC(F)(F)C(F)(F)F)cc1F. The van der Waals surface area contributed by atoms with Crippen LogP contribution in [-0.4, -0.2) is 30.4 Å². The number of carbonyl (C=O) groups excluding carboxylic acids is 2. The largest absolute Gasteiger partial charge is 0.464 e. The van der Waals surface area contributed by atoms with E-state index in [0.29, 0.717) is 17.0 Å². The predicted octanol–water partition coefficient (Wildman–Crippen LogP) is 5.34. The first-order valence-electron chi connectivity index (χ1n) is 7.70. The molecule has 2 aromatic carbocycles. The maximum absolute atomic E-state index is 14.2. The standard InChI is InChI=1S/C17H10F8N2O2S/c1-27(15(29)26-14(28)9-3-2-4-10(18)13(9)20)12-6-5-8(7-11(12)19)30-17(24,25)16(21,22)23/h2-7H,1H3,(H,26,28,29). The van der Waals surface area contributed by atoms with Crippen LogP contribution in [0.1, 0.15) is 10.4 Å². The first kappa shape index (κ1) is 23.4. The first-order valence-corrected chi connectivity index (χ1v) is 8.52. The molecule has 0 heterocycles. The van der Waals surface area contributed by atoms with E-state index in [-0.39, 0.29) is 0 Å². The minimum absolute atomic E-state index is 0.345. The molecular weight excluding hydrogens is 448 g/mol. The first-order chi connectivity index (χ1) is 13.7. The number of halogens is 8. The number of nitrogens with one attached hydrogen (secondary N) is 1. The summed E-state index contributed by atoms with van der Waals surface area (Å²) >= 11 is -0.942. The van der Waals surface area contributed by atoms with Gasteiger partial charge in [0.2, 0.25) is 0 Å². The van der Waals surface area contributed by atoms with Crippen LogP contribution in [0, 0.1) is 17.5 Å². The molecule has 0 aliphatic heterocycles. The third-order valence-electron chi connectivity index (χ3n) is 3.58. The number of hydrogen-bond donors (Lipinski definition) is 1. The minimum Gasteiger partial charge on any atom is -0.294 e. The van der Waals surface area contributed by atoms with Crippen LogP contribution in [0.25, 0.3) is 0 Å². The molecule has 0 unspecified atom stereocenters. The zero-order chi connectivity index (χ0) is 22.9. The minimum atomic E-state index is -5.87. The van der Waals surface area contributed by atoms with Crippen LogP contribution in [0.5, 0.6) is 0 Å². The molecule has 30 heavy (non-hydrogen) atoms. The summed E-state index contributed by atoms with van der Waals surface area (Å²) in [6.07, 6.45) is -5.87. The van der Waals surface area contributed by atoms with E-state index in [2.05, 4.69) is 0 Å². The Morgan fingerprint density at radius 3 is 2.17 bits per heavy atom. The molecule has 0 atom stereocenters. The van der Waals surface area contributed by atoms with E-state index in [4.69, 9.17) is 0 Å². The van der Waals surface area contributed by atoms with Crippen molar-refractivity contribution < 1.29 is 44.7 Å². The fourth-order valence-corrected chi connectivity index (χ4v) is 2.78. The number of thioether (sulfide) groups is 1. The summed E-state index contributed by atoms with van der Waals surface area (Å²) < 4.78 is 104. The highest BCUT2D eigenvalue weighted by atomic mass is 32.2. The second-order valence-corrected chi connectivity index (χ2v) is 6.84. The highest BCUT2D eigenvalue weighted by molar-refractivity contribution is 8.00. The lowest BCUT2D eigenvalue weighted by Crippen LogP contribution is -2.41. The number of imide groups is 1. The Kier molecular flexibility index (Phi) is 6.64. The molecule has 0 bridgehead atoms. The summed E-state index contributed by atoms with van der Waals surface area (Å²) in [4.78, 5) is 23.7. The van der Waals surface area contributed by atoms with Crippen LogP contribution in [0.4, 0.5) is 45.6 Å². The maximum Gasteiger partial charge on any atom is 0.464 e. The number of amides is 3. The van der Waals surface area contributed by atoms with Gasteiger partial charge in [0.25, 0.3) is 5.91 Å². The smallest absolute Gasteiger partial charge is 0.294 e. The van der Waals surface area contributed by atoms with Crippen molar-refractivity contribution in [1.82, 2.24) is 5.32 Å². The molecule has 0 fully saturated rings. The van der Waals surface area contributed by atoms with Crippen molar-refractivity contribution in [2.45, 2.75) is 16.3 Å². The number of benzene rings is 2. The average molecular weight is 458 g/mol. The van der Waals surface area contributed by atoms with Crippen LogP contribution in [0.3, 0.4) is 0 Å². The van der Waals surface area contributed by atoms with Gasteiger partial charge in [-0.25, -0.2) is 18.0 Å². The Morgan fingerprint density at radius 2 is 1.60 bits per heavy atom. The molecule has 0 aliphatic carbocycles. The van der Waals surface area contributed by atoms with Crippen molar-refractivity contribution in [3.8, 4) is 0 Å². The number of anilines is 1. The Balaban J connectivity index is 2.16. The van der Waals surface area contributed by atoms with E-state index < -0.39 is 68.7 Å². The van der Waals surface area contributed by atoms with Crippen molar-refractivity contribution in [3.05, 3.63) is 59.4 Å². The molecule has 0 saturated carbocycles. The van der Waals surface area contributed by atoms with Crippen molar-refractivity contribution >= 4 is 29.4 Å². The van der Waals surface area contributed by atoms with Crippen molar-refractivity contribution in [3.63, 3.8) is 0 Å². The Labute approximate surface area is 167 Å². The lowest BCUT2D eigenvalue weighted by Gasteiger charge is -2.21. The molecule has 4 nitrogen and oxygen atoms in total. The van der Waals surface area contributed by atoms with Crippen LogP contribution >= 0.6 is 11.8 Å². The molecule has 0 aliphatic rings. The van der Waals surface area contributed by atoms with Crippen LogP contribution in [0.15, 0.2) is 41.3 Å². The number of carbonyl (C=O) groups is 2. The average Bonchev–Trinajstić information content (AvgIpc) is 2.62. The second-order valence-electron chi connectivity index (χ2n) is 5.65. The lowest BCUT2D eigenvalue weighted by molar-refractivity contribution is -0.237. The lowest BCUT2D eigenvalue weighted by atomic mass is 10.2. The van der Waals surface area contributed by atoms with E-state index in [1.807, 2.05) is 0 Å². The van der Waals surface area contributed by atoms with Crippen molar-refractivity contribution in [1.29, 1.82) is 0 Å². The third-order valence-corrected chi connectivity index (χ3v) is 4.56. The molecule has 13 heteroatoms. The van der Waals surface area contributed by atoms with Gasteiger partial charge < -0.3 is 0 Å². The second kappa shape index (κ2) is 8.50. The Hall–Kier alpha value is -2.83. The van der Waals surface area contributed by atoms with Gasteiger partial charge >= 0.3 is 17.5 Å². The van der Waals surface area contributed by atoms with Gasteiger partial charge in [-0.1, -0.05) is 6.07 Å². The van der Waals surface area contributed by atoms with Crippen molar-refractivity contribution in [2.24, 2.45) is 0 Å². The molecular formula is C17H10F8N2O2S. The molecule has 162 valence electrons. The van der Waals surface area contributed by atoms with Gasteiger partial charge in [0.05, 0.1) is 11.3 Å². The summed E-state index contributed by atoms with van der Waals surface area (Å²) in [7, 11) is 0.945.